The summed E-state index contributed by atoms with van der Waals surface area (Å²) >= 11 is 3.51. The van der Waals surface area contributed by atoms with Crippen molar-refractivity contribution in [3.63, 3.8) is 0 Å². The number of hydrogen-bond acceptors (Lipinski definition) is 5. The highest BCUT2D eigenvalue weighted by Gasteiger charge is 2.18. The number of furan rings is 1. The van der Waals surface area contributed by atoms with Gasteiger partial charge in [0.1, 0.15) is 16.9 Å². The summed E-state index contributed by atoms with van der Waals surface area (Å²) in [4.78, 5) is 24.6. The normalized spacial score (nSPS) is 17.1. The van der Waals surface area contributed by atoms with Gasteiger partial charge in [-0.05, 0) is 31.7 Å². The summed E-state index contributed by atoms with van der Waals surface area (Å²) < 4.78 is 6.74. The van der Waals surface area contributed by atoms with Gasteiger partial charge in [0.2, 0.25) is 5.58 Å². The zero-order valence-electron chi connectivity index (χ0n) is 13.7. The standard InChI is InChI=1S/C17H19BrN4O2/c1-10-7-11(18)8-12-14-16(24-15(10)12)17(23)20-13(19-14)9-22-5-3-21(2)4-6-22/h7-8H,3-6,9H2,1-2H3,(H,19,20,23). The van der Waals surface area contributed by atoms with Gasteiger partial charge in [-0.3, -0.25) is 9.69 Å². The van der Waals surface area contributed by atoms with E-state index in [2.05, 4.69) is 37.8 Å². The van der Waals surface area contributed by atoms with Crippen molar-refractivity contribution in [3.8, 4) is 0 Å². The lowest BCUT2D eigenvalue weighted by atomic mass is 10.1. The highest BCUT2D eigenvalue weighted by Crippen LogP contribution is 2.30. The maximum atomic E-state index is 12.4. The number of nitrogens with zero attached hydrogens (tertiary/aromatic N) is 3. The molecular formula is C17H19BrN4O2. The van der Waals surface area contributed by atoms with Gasteiger partial charge in [-0.25, -0.2) is 4.98 Å². The molecule has 1 N–H and O–H groups in total. The summed E-state index contributed by atoms with van der Waals surface area (Å²) in [5.74, 6) is 0.692. The molecule has 1 aliphatic heterocycles. The van der Waals surface area contributed by atoms with Crippen LogP contribution in [0, 0.1) is 6.92 Å². The molecule has 7 heteroatoms. The molecule has 0 bridgehead atoms. The summed E-state index contributed by atoms with van der Waals surface area (Å²) in [5, 5.41) is 0.877. The third-order valence-corrected chi connectivity index (χ3v) is 5.05. The van der Waals surface area contributed by atoms with E-state index in [0.29, 0.717) is 23.5 Å². The summed E-state index contributed by atoms with van der Waals surface area (Å²) in [6.45, 7) is 6.65. The van der Waals surface area contributed by atoms with E-state index >= 15 is 0 Å². The van der Waals surface area contributed by atoms with Crippen LogP contribution < -0.4 is 5.56 Å². The molecule has 4 rings (SSSR count). The molecule has 0 radical (unpaired) electrons. The lowest BCUT2D eigenvalue weighted by Crippen LogP contribution is -2.44. The molecule has 6 nitrogen and oxygen atoms in total. The first-order valence-corrected chi connectivity index (χ1v) is 8.83. The van der Waals surface area contributed by atoms with E-state index in [0.717, 1.165) is 47.2 Å². The van der Waals surface area contributed by atoms with Crippen molar-refractivity contribution < 1.29 is 4.42 Å². The van der Waals surface area contributed by atoms with E-state index in [1.807, 2.05) is 19.1 Å². The average Bonchev–Trinajstić information content (AvgIpc) is 2.89. The Morgan fingerprint density at radius 3 is 2.75 bits per heavy atom. The molecule has 0 unspecified atom stereocenters. The van der Waals surface area contributed by atoms with Crippen molar-refractivity contribution in [2.75, 3.05) is 33.2 Å². The topological polar surface area (TPSA) is 65.4 Å². The third kappa shape index (κ3) is 2.76. The molecule has 126 valence electrons. The highest BCUT2D eigenvalue weighted by molar-refractivity contribution is 9.10. The summed E-state index contributed by atoms with van der Waals surface area (Å²) in [5.41, 5.74) is 2.44. The van der Waals surface area contributed by atoms with Gasteiger partial charge in [-0.2, -0.15) is 0 Å². The minimum atomic E-state index is -0.212. The van der Waals surface area contributed by atoms with Crippen LogP contribution in [0.5, 0.6) is 0 Å². The molecule has 0 atom stereocenters. The number of halogens is 1. The molecule has 0 saturated carbocycles. The van der Waals surface area contributed by atoms with Gasteiger partial charge >= 0.3 is 0 Å². The van der Waals surface area contributed by atoms with Crippen molar-refractivity contribution in [3.05, 3.63) is 38.3 Å². The van der Waals surface area contributed by atoms with Crippen molar-refractivity contribution in [2.24, 2.45) is 0 Å². The number of H-pyrrole nitrogens is 1. The Bertz CT molecular complexity index is 970. The van der Waals surface area contributed by atoms with E-state index in [-0.39, 0.29) is 5.56 Å². The number of nitrogens with one attached hydrogen (secondary N) is 1. The maximum absolute atomic E-state index is 12.4. The fraction of sp³-hybridized carbons (Fsp3) is 0.412. The predicted octanol–water partition coefficient (Wildman–Crippen LogP) is 2.49. The average molecular weight is 391 g/mol. The van der Waals surface area contributed by atoms with E-state index in [9.17, 15) is 4.79 Å². The second kappa shape index (κ2) is 5.98. The van der Waals surface area contributed by atoms with E-state index < -0.39 is 0 Å². The number of rotatable bonds is 2. The van der Waals surface area contributed by atoms with Crippen LogP contribution >= 0.6 is 15.9 Å². The molecule has 1 fully saturated rings. The number of fused-ring (bicyclic) bond motifs is 3. The molecule has 0 aliphatic carbocycles. The first kappa shape index (κ1) is 15.8. The number of aryl methyl sites for hydroxylation is 1. The van der Waals surface area contributed by atoms with Crippen LogP contribution in [0.25, 0.3) is 22.1 Å². The fourth-order valence-corrected chi connectivity index (χ4v) is 3.79. The van der Waals surface area contributed by atoms with Crippen LogP contribution in [0.1, 0.15) is 11.4 Å². The first-order valence-electron chi connectivity index (χ1n) is 8.04. The highest BCUT2D eigenvalue weighted by atomic mass is 79.9. The Morgan fingerprint density at radius 2 is 2.00 bits per heavy atom. The second-order valence-corrected chi connectivity index (χ2v) is 7.39. The van der Waals surface area contributed by atoms with Crippen molar-refractivity contribution in [1.82, 2.24) is 19.8 Å². The molecule has 2 aromatic heterocycles. The van der Waals surface area contributed by atoms with E-state index in [4.69, 9.17) is 9.40 Å². The monoisotopic (exact) mass is 390 g/mol. The Kier molecular flexibility index (Phi) is 3.94. The van der Waals surface area contributed by atoms with Gasteiger partial charge in [-0.1, -0.05) is 15.9 Å². The van der Waals surface area contributed by atoms with Crippen LogP contribution in [-0.2, 0) is 6.54 Å². The van der Waals surface area contributed by atoms with E-state index in [1.165, 1.54) is 0 Å². The quantitative estimate of drug-likeness (QED) is 0.727. The Balaban J connectivity index is 1.78. The Hall–Kier alpha value is -1.70. The lowest BCUT2D eigenvalue weighted by molar-refractivity contribution is 0.145. The maximum Gasteiger partial charge on any atom is 0.294 e. The van der Waals surface area contributed by atoms with Crippen LogP contribution in [-0.4, -0.2) is 53.0 Å². The number of benzene rings is 1. The van der Waals surface area contributed by atoms with Gasteiger partial charge < -0.3 is 14.3 Å². The van der Waals surface area contributed by atoms with Crippen molar-refractivity contribution >= 4 is 38.0 Å². The van der Waals surface area contributed by atoms with Crippen LogP contribution in [0.3, 0.4) is 0 Å². The molecule has 1 saturated heterocycles. The van der Waals surface area contributed by atoms with Crippen LogP contribution in [0.4, 0.5) is 0 Å². The lowest BCUT2D eigenvalue weighted by Gasteiger charge is -2.31. The molecule has 0 amide bonds. The Morgan fingerprint density at radius 1 is 1.25 bits per heavy atom. The molecule has 1 aliphatic rings. The van der Waals surface area contributed by atoms with Crippen LogP contribution in [0.15, 0.2) is 25.8 Å². The molecule has 1 aromatic carbocycles. The van der Waals surface area contributed by atoms with Gasteiger partial charge in [0.25, 0.3) is 5.56 Å². The number of piperazine rings is 1. The minimum absolute atomic E-state index is 0.212. The van der Waals surface area contributed by atoms with Crippen molar-refractivity contribution in [2.45, 2.75) is 13.5 Å². The molecule has 0 spiro atoms. The minimum Gasteiger partial charge on any atom is -0.448 e. The van der Waals surface area contributed by atoms with Gasteiger partial charge in [0, 0.05) is 36.0 Å². The molecule has 24 heavy (non-hydrogen) atoms. The van der Waals surface area contributed by atoms with E-state index in [1.54, 1.807) is 0 Å². The molecular weight excluding hydrogens is 372 g/mol. The second-order valence-electron chi connectivity index (χ2n) is 6.47. The third-order valence-electron chi connectivity index (χ3n) is 4.59. The van der Waals surface area contributed by atoms with Crippen LogP contribution in [0.2, 0.25) is 0 Å². The molecule has 3 heterocycles. The zero-order valence-corrected chi connectivity index (χ0v) is 15.3. The summed E-state index contributed by atoms with van der Waals surface area (Å²) in [7, 11) is 2.13. The largest absolute Gasteiger partial charge is 0.448 e. The van der Waals surface area contributed by atoms with Gasteiger partial charge in [-0.15, -0.1) is 0 Å². The summed E-state index contributed by atoms with van der Waals surface area (Å²) in [6, 6.07) is 3.93. The summed E-state index contributed by atoms with van der Waals surface area (Å²) in [6.07, 6.45) is 0. The number of hydrogen-bond donors (Lipinski definition) is 1. The SMILES string of the molecule is Cc1cc(Br)cc2c1oc1c(=O)[nH]c(CN3CCN(C)CC3)nc12. The zero-order chi connectivity index (χ0) is 16.8. The molecule has 3 aromatic rings. The van der Waals surface area contributed by atoms with Crippen molar-refractivity contribution in [1.29, 1.82) is 0 Å². The predicted molar refractivity (Wildman–Crippen MR) is 97.3 cm³/mol. The fourth-order valence-electron chi connectivity index (χ4n) is 3.22. The Labute approximate surface area is 147 Å². The van der Waals surface area contributed by atoms with Gasteiger partial charge in [0.05, 0.1) is 6.54 Å². The number of likely N-dealkylation sites (N-methyl/N-ethyl adjacent to an activating group) is 1. The van der Waals surface area contributed by atoms with Gasteiger partial charge in [0.15, 0.2) is 0 Å². The smallest absolute Gasteiger partial charge is 0.294 e. The first-order chi connectivity index (χ1) is 11.5. The number of aromatic amines is 1. The number of aromatic nitrogens is 2.